The molecular formula is C23H34IN5O2S. The van der Waals surface area contributed by atoms with Crippen LogP contribution in [0.2, 0.25) is 0 Å². The average Bonchev–Trinajstić information content (AvgIpc) is 3.33. The van der Waals surface area contributed by atoms with E-state index in [0.717, 1.165) is 37.7 Å². The highest BCUT2D eigenvalue weighted by Crippen LogP contribution is 2.24. The normalized spacial score (nSPS) is 15.8. The fourth-order valence-electron chi connectivity index (χ4n) is 3.82. The number of halogens is 1. The molecule has 0 aliphatic carbocycles. The number of benzene rings is 2. The summed E-state index contributed by atoms with van der Waals surface area (Å²) in [4.78, 5) is 7.46. The van der Waals surface area contributed by atoms with Gasteiger partial charge in [-0.2, -0.15) is 0 Å². The molecular weight excluding hydrogens is 537 g/mol. The number of nitrogens with zero attached hydrogens (tertiary/aromatic N) is 2. The standard InChI is InChI=1S/C23H33N5O2S.HI/c1-3-25-23(26-17-19-10-9-13-21(16-19)31(29,30)24-2)27-18-22(28-14-7-8-15-28)20-11-5-4-6-12-20;/h4-6,9-13,16,22,24H,3,7-8,14-15,17-18H2,1-2H3,(H2,25,26,27);1H. The Morgan fingerprint density at radius 1 is 1.06 bits per heavy atom. The van der Waals surface area contributed by atoms with E-state index in [1.165, 1.54) is 25.5 Å². The minimum atomic E-state index is -3.47. The van der Waals surface area contributed by atoms with Gasteiger partial charge in [-0.1, -0.05) is 42.5 Å². The molecule has 1 aliphatic heterocycles. The Labute approximate surface area is 209 Å². The number of likely N-dealkylation sites (tertiary alicyclic amines) is 1. The van der Waals surface area contributed by atoms with E-state index in [-0.39, 0.29) is 34.9 Å². The van der Waals surface area contributed by atoms with Crippen LogP contribution < -0.4 is 15.4 Å². The van der Waals surface area contributed by atoms with Gasteiger partial charge in [0.15, 0.2) is 5.96 Å². The van der Waals surface area contributed by atoms with E-state index in [0.29, 0.717) is 6.54 Å². The molecule has 1 aliphatic rings. The number of rotatable bonds is 9. The quantitative estimate of drug-likeness (QED) is 0.245. The molecule has 3 N–H and O–H groups in total. The van der Waals surface area contributed by atoms with Crippen molar-refractivity contribution in [3.63, 3.8) is 0 Å². The molecule has 1 heterocycles. The van der Waals surface area contributed by atoms with Gasteiger partial charge in [0.1, 0.15) is 0 Å². The third kappa shape index (κ3) is 7.43. The topological polar surface area (TPSA) is 85.8 Å². The van der Waals surface area contributed by atoms with E-state index < -0.39 is 10.0 Å². The molecule has 1 saturated heterocycles. The molecule has 2 aromatic carbocycles. The van der Waals surface area contributed by atoms with Gasteiger partial charge in [-0.3, -0.25) is 4.90 Å². The van der Waals surface area contributed by atoms with Crippen LogP contribution in [0.15, 0.2) is 64.5 Å². The summed E-state index contributed by atoms with van der Waals surface area (Å²) in [6.07, 6.45) is 2.48. The first-order valence-corrected chi connectivity index (χ1v) is 12.4. The monoisotopic (exact) mass is 571 g/mol. The van der Waals surface area contributed by atoms with Gasteiger partial charge >= 0.3 is 0 Å². The minimum absolute atomic E-state index is 0. The summed E-state index contributed by atoms with van der Waals surface area (Å²) >= 11 is 0. The lowest BCUT2D eigenvalue weighted by Crippen LogP contribution is -2.42. The summed E-state index contributed by atoms with van der Waals surface area (Å²) < 4.78 is 26.5. The maximum Gasteiger partial charge on any atom is 0.240 e. The van der Waals surface area contributed by atoms with Gasteiger partial charge in [0.2, 0.25) is 10.0 Å². The Morgan fingerprint density at radius 3 is 2.44 bits per heavy atom. The van der Waals surface area contributed by atoms with E-state index in [9.17, 15) is 8.42 Å². The Hall–Kier alpha value is -1.69. The van der Waals surface area contributed by atoms with Gasteiger partial charge in [0.05, 0.1) is 17.5 Å². The van der Waals surface area contributed by atoms with Crippen LogP contribution in [0, 0.1) is 0 Å². The second-order valence-electron chi connectivity index (χ2n) is 7.60. The van der Waals surface area contributed by atoms with E-state index >= 15 is 0 Å². The number of aliphatic imine (C=N–C) groups is 1. The van der Waals surface area contributed by atoms with Crippen LogP contribution in [-0.4, -0.2) is 52.5 Å². The number of guanidine groups is 1. The van der Waals surface area contributed by atoms with Crippen molar-refractivity contribution in [2.75, 3.05) is 33.2 Å². The number of hydrogen-bond acceptors (Lipinski definition) is 4. The van der Waals surface area contributed by atoms with Crippen molar-refractivity contribution in [3.05, 3.63) is 65.7 Å². The van der Waals surface area contributed by atoms with Crippen molar-refractivity contribution in [3.8, 4) is 0 Å². The third-order valence-electron chi connectivity index (χ3n) is 5.47. The number of hydrogen-bond donors (Lipinski definition) is 3. The molecule has 3 rings (SSSR count). The van der Waals surface area contributed by atoms with E-state index in [1.54, 1.807) is 18.2 Å². The third-order valence-corrected chi connectivity index (χ3v) is 6.88. The Balaban J connectivity index is 0.00000363. The summed E-state index contributed by atoms with van der Waals surface area (Å²) in [7, 11) is -2.05. The molecule has 0 amide bonds. The van der Waals surface area contributed by atoms with Crippen LogP contribution in [0.4, 0.5) is 0 Å². The second kappa shape index (κ2) is 13.1. The van der Waals surface area contributed by atoms with Crippen LogP contribution >= 0.6 is 24.0 Å². The second-order valence-corrected chi connectivity index (χ2v) is 9.49. The minimum Gasteiger partial charge on any atom is -0.357 e. The molecule has 176 valence electrons. The zero-order chi connectivity index (χ0) is 22.1. The van der Waals surface area contributed by atoms with Crippen molar-refractivity contribution in [2.24, 2.45) is 4.99 Å². The lowest BCUT2D eigenvalue weighted by molar-refractivity contribution is 0.245. The molecule has 0 spiro atoms. The maximum atomic E-state index is 12.1. The fraction of sp³-hybridized carbons (Fsp3) is 0.435. The predicted molar refractivity (Wildman–Crippen MR) is 141 cm³/mol. The largest absolute Gasteiger partial charge is 0.357 e. The highest BCUT2D eigenvalue weighted by atomic mass is 127. The smallest absolute Gasteiger partial charge is 0.240 e. The fourth-order valence-corrected chi connectivity index (χ4v) is 4.62. The molecule has 0 aromatic heterocycles. The summed E-state index contributed by atoms with van der Waals surface area (Å²) in [6.45, 7) is 6.15. The van der Waals surface area contributed by atoms with E-state index in [4.69, 9.17) is 0 Å². The van der Waals surface area contributed by atoms with Crippen LogP contribution in [0.5, 0.6) is 0 Å². The molecule has 9 heteroatoms. The zero-order valence-electron chi connectivity index (χ0n) is 18.8. The van der Waals surface area contributed by atoms with Gasteiger partial charge < -0.3 is 10.6 Å². The van der Waals surface area contributed by atoms with E-state index in [2.05, 4.69) is 49.5 Å². The van der Waals surface area contributed by atoms with Crippen molar-refractivity contribution in [2.45, 2.75) is 37.2 Å². The average molecular weight is 572 g/mol. The van der Waals surface area contributed by atoms with Gasteiger partial charge in [-0.25, -0.2) is 18.1 Å². The highest BCUT2D eigenvalue weighted by Gasteiger charge is 2.23. The summed E-state index contributed by atoms with van der Waals surface area (Å²) in [6, 6.07) is 17.8. The predicted octanol–water partition coefficient (Wildman–Crippen LogP) is 3.10. The summed E-state index contributed by atoms with van der Waals surface area (Å²) in [5.74, 6) is 0.726. The van der Waals surface area contributed by atoms with Gasteiger partial charge in [0, 0.05) is 13.1 Å². The molecule has 0 bridgehead atoms. The lowest BCUT2D eigenvalue weighted by Gasteiger charge is -2.29. The van der Waals surface area contributed by atoms with Crippen molar-refractivity contribution < 1.29 is 8.42 Å². The van der Waals surface area contributed by atoms with Crippen molar-refractivity contribution in [1.29, 1.82) is 0 Å². The number of nitrogens with one attached hydrogen (secondary N) is 3. The van der Waals surface area contributed by atoms with Gasteiger partial charge in [-0.05, 0) is 63.2 Å². The van der Waals surface area contributed by atoms with Crippen LogP contribution in [0.25, 0.3) is 0 Å². The highest BCUT2D eigenvalue weighted by molar-refractivity contribution is 14.0. The summed E-state index contributed by atoms with van der Waals surface area (Å²) in [5.41, 5.74) is 2.14. The zero-order valence-corrected chi connectivity index (χ0v) is 21.9. The first-order chi connectivity index (χ1) is 15.0. The first kappa shape index (κ1) is 26.6. The maximum absolute atomic E-state index is 12.1. The molecule has 7 nitrogen and oxygen atoms in total. The SMILES string of the molecule is CCNC(=NCc1cccc(S(=O)(=O)NC)c1)NCC(c1ccccc1)N1CCCC1.I. The molecule has 1 fully saturated rings. The Morgan fingerprint density at radius 2 is 1.78 bits per heavy atom. The van der Waals surface area contributed by atoms with Gasteiger partial charge in [-0.15, -0.1) is 24.0 Å². The van der Waals surface area contributed by atoms with Crippen molar-refractivity contribution in [1.82, 2.24) is 20.3 Å². The lowest BCUT2D eigenvalue weighted by atomic mass is 10.1. The first-order valence-electron chi connectivity index (χ1n) is 10.9. The Bertz CT molecular complexity index is 963. The van der Waals surface area contributed by atoms with Crippen LogP contribution in [0.1, 0.15) is 36.9 Å². The van der Waals surface area contributed by atoms with Crippen LogP contribution in [0.3, 0.4) is 0 Å². The van der Waals surface area contributed by atoms with Crippen molar-refractivity contribution >= 4 is 40.0 Å². The molecule has 0 radical (unpaired) electrons. The molecule has 2 aromatic rings. The Kier molecular flexibility index (Phi) is 10.9. The number of sulfonamides is 1. The van der Waals surface area contributed by atoms with Crippen LogP contribution in [-0.2, 0) is 16.6 Å². The van der Waals surface area contributed by atoms with Gasteiger partial charge in [0.25, 0.3) is 0 Å². The molecule has 32 heavy (non-hydrogen) atoms. The van der Waals surface area contributed by atoms with E-state index in [1.807, 2.05) is 19.1 Å². The molecule has 1 atom stereocenters. The molecule has 1 unspecified atom stereocenters. The molecule has 0 saturated carbocycles. The summed E-state index contributed by atoms with van der Waals surface area (Å²) in [5, 5.41) is 6.79.